The molecule has 0 fully saturated rings. The lowest BCUT2D eigenvalue weighted by Gasteiger charge is -2.11. The van der Waals surface area contributed by atoms with Gasteiger partial charge in [0.25, 0.3) is 0 Å². The molecule has 6 heteroatoms. The van der Waals surface area contributed by atoms with Crippen molar-refractivity contribution in [3.05, 3.63) is 108 Å². The molecule has 0 amide bonds. The number of anilines is 1. The number of hydrogen-bond donors (Lipinski definition) is 2. The first-order valence-corrected chi connectivity index (χ1v) is 10.5. The molecule has 4 aromatic carbocycles. The maximum Gasteiger partial charge on any atom is 0.343 e. The molecule has 2 N–H and O–H groups in total. The van der Waals surface area contributed by atoms with Crippen LogP contribution in [0.3, 0.4) is 0 Å². The highest BCUT2D eigenvalue weighted by Gasteiger charge is 2.13. The third-order valence-corrected chi connectivity index (χ3v) is 4.97. The number of hydrazone groups is 1. The smallest absolute Gasteiger partial charge is 0.343 e. The summed E-state index contributed by atoms with van der Waals surface area (Å²) in [7, 11) is 0. The molecule has 0 spiro atoms. The van der Waals surface area contributed by atoms with Crippen LogP contribution in [-0.2, 0) is 0 Å². The second kappa shape index (κ2) is 9.85. The van der Waals surface area contributed by atoms with E-state index in [9.17, 15) is 4.79 Å². The van der Waals surface area contributed by atoms with Crippen LogP contribution in [-0.4, -0.2) is 17.3 Å². The minimum absolute atomic E-state index is 0.353. The number of rotatable bonds is 5. The third-order valence-electron chi connectivity index (χ3n) is 4.78. The van der Waals surface area contributed by atoms with Gasteiger partial charge in [0.05, 0.1) is 11.8 Å². The summed E-state index contributed by atoms with van der Waals surface area (Å²) in [5.41, 5.74) is 5.83. The van der Waals surface area contributed by atoms with Crippen molar-refractivity contribution >= 4 is 46.0 Å². The van der Waals surface area contributed by atoms with E-state index in [1.54, 1.807) is 24.4 Å². The quantitative estimate of drug-likeness (QED) is 0.138. The van der Waals surface area contributed by atoms with Gasteiger partial charge in [-0.05, 0) is 60.2 Å². The molecule has 158 valence electrons. The van der Waals surface area contributed by atoms with E-state index in [0.717, 1.165) is 22.0 Å². The Morgan fingerprint density at radius 2 is 1.72 bits per heavy atom. The zero-order valence-electron chi connectivity index (χ0n) is 17.4. The maximum absolute atomic E-state index is 12.7. The summed E-state index contributed by atoms with van der Waals surface area (Å²) < 4.78 is 5.74. The Labute approximate surface area is 191 Å². The number of hydrogen-bond acceptors (Lipinski definition) is 4. The highest BCUT2D eigenvalue weighted by atomic mass is 32.1. The molecule has 0 saturated carbocycles. The number of fused-ring (bicyclic) bond motifs is 1. The fourth-order valence-corrected chi connectivity index (χ4v) is 3.44. The molecule has 0 saturated heterocycles. The standard InChI is InChI=1S/C26H21N3O2S/c1-18-8-7-10-20(16-18)25(30)31-24-15-14-19-9-5-6-13-22(19)23(24)17-27-29-26(32)28-21-11-3-2-4-12-21/h2-17H,1H3,(H2,28,29,32). The zero-order valence-corrected chi connectivity index (χ0v) is 18.2. The number of ether oxygens (including phenoxy) is 1. The van der Waals surface area contributed by atoms with E-state index in [-0.39, 0.29) is 0 Å². The fourth-order valence-electron chi connectivity index (χ4n) is 3.26. The predicted octanol–water partition coefficient (Wildman–Crippen LogP) is 5.69. The number of carbonyl (C=O) groups is 1. The Bertz CT molecular complexity index is 1300. The zero-order chi connectivity index (χ0) is 22.3. The van der Waals surface area contributed by atoms with Gasteiger partial charge in [0.2, 0.25) is 0 Å². The molecule has 0 bridgehead atoms. The number of nitrogens with zero attached hydrogens (tertiary/aromatic N) is 1. The molecule has 0 aliphatic rings. The van der Waals surface area contributed by atoms with Crippen molar-refractivity contribution in [2.45, 2.75) is 6.92 Å². The first kappa shape index (κ1) is 21.2. The third kappa shape index (κ3) is 5.17. The monoisotopic (exact) mass is 439 g/mol. The lowest BCUT2D eigenvalue weighted by molar-refractivity contribution is 0.0734. The number of benzene rings is 4. The summed E-state index contributed by atoms with van der Waals surface area (Å²) in [5.74, 6) is -0.00412. The summed E-state index contributed by atoms with van der Waals surface area (Å²) in [5, 5.41) is 9.61. The average molecular weight is 440 g/mol. The number of thiocarbonyl (C=S) groups is 1. The van der Waals surface area contributed by atoms with E-state index in [1.165, 1.54) is 0 Å². The summed E-state index contributed by atoms with van der Waals surface area (Å²) in [4.78, 5) is 12.7. The Kier molecular flexibility index (Phi) is 6.53. The Hall–Kier alpha value is -4.03. The Balaban J connectivity index is 1.58. The van der Waals surface area contributed by atoms with Gasteiger partial charge in [-0.3, -0.25) is 5.43 Å². The molecule has 0 radical (unpaired) electrons. The minimum atomic E-state index is -0.423. The van der Waals surface area contributed by atoms with Gasteiger partial charge in [-0.2, -0.15) is 5.10 Å². The van der Waals surface area contributed by atoms with Crippen molar-refractivity contribution < 1.29 is 9.53 Å². The van der Waals surface area contributed by atoms with Gasteiger partial charge in [-0.25, -0.2) is 4.79 Å². The SMILES string of the molecule is Cc1cccc(C(=O)Oc2ccc3ccccc3c2C=NNC(=S)Nc2ccccc2)c1. The van der Waals surface area contributed by atoms with Gasteiger partial charge < -0.3 is 10.1 Å². The van der Waals surface area contributed by atoms with Crippen LogP contribution in [0.4, 0.5) is 5.69 Å². The van der Waals surface area contributed by atoms with E-state index in [2.05, 4.69) is 15.8 Å². The van der Waals surface area contributed by atoms with Gasteiger partial charge in [0, 0.05) is 11.3 Å². The molecule has 32 heavy (non-hydrogen) atoms. The van der Waals surface area contributed by atoms with Crippen molar-refractivity contribution in [2.24, 2.45) is 5.10 Å². The highest BCUT2D eigenvalue weighted by molar-refractivity contribution is 7.80. The molecule has 4 aromatic rings. The van der Waals surface area contributed by atoms with E-state index < -0.39 is 5.97 Å². The minimum Gasteiger partial charge on any atom is -0.422 e. The number of para-hydroxylation sites is 1. The van der Waals surface area contributed by atoms with E-state index in [1.807, 2.05) is 79.7 Å². The first-order valence-electron chi connectivity index (χ1n) is 10.1. The van der Waals surface area contributed by atoms with Crippen molar-refractivity contribution in [2.75, 3.05) is 5.32 Å². The highest BCUT2D eigenvalue weighted by Crippen LogP contribution is 2.27. The van der Waals surface area contributed by atoms with Crippen LogP contribution in [0.5, 0.6) is 5.75 Å². The maximum atomic E-state index is 12.7. The predicted molar refractivity (Wildman–Crippen MR) is 133 cm³/mol. The first-order chi connectivity index (χ1) is 15.6. The Morgan fingerprint density at radius 1 is 0.938 bits per heavy atom. The fraction of sp³-hybridized carbons (Fsp3) is 0.0385. The van der Waals surface area contributed by atoms with Crippen LogP contribution in [0.2, 0.25) is 0 Å². The van der Waals surface area contributed by atoms with E-state index in [0.29, 0.717) is 22.0 Å². The summed E-state index contributed by atoms with van der Waals surface area (Å²) in [6.07, 6.45) is 1.61. The molecule has 0 aliphatic heterocycles. The molecular formula is C26H21N3O2S. The van der Waals surface area contributed by atoms with Crippen LogP contribution in [0.1, 0.15) is 21.5 Å². The van der Waals surface area contributed by atoms with Crippen LogP contribution in [0.15, 0.2) is 96.1 Å². The van der Waals surface area contributed by atoms with Crippen LogP contribution >= 0.6 is 12.2 Å². The average Bonchev–Trinajstić information content (AvgIpc) is 2.81. The largest absolute Gasteiger partial charge is 0.422 e. The number of carbonyl (C=O) groups excluding carboxylic acids is 1. The summed E-state index contributed by atoms with van der Waals surface area (Å²) >= 11 is 5.30. The second-order valence-electron chi connectivity index (χ2n) is 7.15. The Morgan fingerprint density at radius 3 is 2.53 bits per heavy atom. The van der Waals surface area contributed by atoms with Gasteiger partial charge >= 0.3 is 5.97 Å². The topological polar surface area (TPSA) is 62.7 Å². The van der Waals surface area contributed by atoms with Crippen LogP contribution in [0.25, 0.3) is 10.8 Å². The molecule has 0 aromatic heterocycles. The van der Waals surface area contributed by atoms with Gasteiger partial charge in [-0.1, -0.05) is 66.2 Å². The van der Waals surface area contributed by atoms with Crippen molar-refractivity contribution in [1.82, 2.24) is 5.43 Å². The van der Waals surface area contributed by atoms with Crippen molar-refractivity contribution in [1.29, 1.82) is 0 Å². The lowest BCUT2D eigenvalue weighted by Crippen LogP contribution is -2.23. The van der Waals surface area contributed by atoms with Crippen molar-refractivity contribution in [3.8, 4) is 5.75 Å². The van der Waals surface area contributed by atoms with Gasteiger partial charge in [0.15, 0.2) is 5.11 Å². The number of esters is 1. The molecule has 0 atom stereocenters. The van der Waals surface area contributed by atoms with Crippen molar-refractivity contribution in [3.63, 3.8) is 0 Å². The van der Waals surface area contributed by atoms with E-state index in [4.69, 9.17) is 17.0 Å². The molecule has 0 unspecified atom stereocenters. The summed E-state index contributed by atoms with van der Waals surface area (Å²) in [6, 6.07) is 28.4. The lowest BCUT2D eigenvalue weighted by atomic mass is 10.0. The van der Waals surface area contributed by atoms with Gasteiger partial charge in [-0.15, -0.1) is 0 Å². The second-order valence-corrected chi connectivity index (χ2v) is 7.56. The van der Waals surface area contributed by atoms with Gasteiger partial charge in [0.1, 0.15) is 5.75 Å². The molecule has 4 rings (SSSR count). The summed E-state index contributed by atoms with van der Waals surface area (Å²) in [6.45, 7) is 1.93. The number of aryl methyl sites for hydroxylation is 1. The molecule has 0 heterocycles. The molecule has 5 nitrogen and oxygen atoms in total. The molecular weight excluding hydrogens is 418 g/mol. The normalized spacial score (nSPS) is 10.8. The number of nitrogens with one attached hydrogen (secondary N) is 2. The van der Waals surface area contributed by atoms with Crippen LogP contribution in [0, 0.1) is 6.92 Å². The van der Waals surface area contributed by atoms with Crippen LogP contribution < -0.4 is 15.5 Å². The molecule has 0 aliphatic carbocycles. The van der Waals surface area contributed by atoms with E-state index >= 15 is 0 Å².